The maximum Gasteiger partial charge on any atom is 0.180 e. The predicted molar refractivity (Wildman–Crippen MR) is 204 cm³/mol. The zero-order valence-electron chi connectivity index (χ0n) is 38.9. The van der Waals surface area contributed by atoms with E-state index >= 15 is 0 Å². The summed E-state index contributed by atoms with van der Waals surface area (Å²) in [6.45, 7) is 0. The first kappa shape index (κ1) is 18.1. The summed E-state index contributed by atoms with van der Waals surface area (Å²) in [7, 11) is 0. The number of hydrogen-bond acceptors (Lipinski definition) is 4. The molecule has 0 spiro atoms. The monoisotopic (exact) mass is 653 g/mol. The normalized spacial score (nSPS) is 15.2. The minimum absolute atomic E-state index is 0.129. The summed E-state index contributed by atoms with van der Waals surface area (Å²) < 4.78 is 125. The van der Waals surface area contributed by atoms with Gasteiger partial charge in [0.2, 0.25) is 0 Å². The van der Waals surface area contributed by atoms with E-state index in [9.17, 15) is 1.37 Å². The Labute approximate surface area is 306 Å². The van der Waals surface area contributed by atoms with Gasteiger partial charge in [-0.2, -0.15) is 0 Å². The number of furan rings is 2. The Morgan fingerprint density at radius 2 is 1.12 bits per heavy atom. The van der Waals surface area contributed by atoms with Gasteiger partial charge in [-0.25, -0.2) is 9.97 Å². The number of fused-ring (bicyclic) bond motifs is 6. The van der Waals surface area contributed by atoms with Crippen LogP contribution < -0.4 is 0 Å². The van der Waals surface area contributed by atoms with Crippen molar-refractivity contribution < 1.29 is 26.7 Å². The quantitative estimate of drug-likeness (QED) is 0.185. The molecule has 50 heavy (non-hydrogen) atoms. The minimum Gasteiger partial charge on any atom is -0.455 e. The summed E-state index contributed by atoms with van der Waals surface area (Å²) in [5.74, 6) is 0. The molecule has 10 aromatic rings. The summed E-state index contributed by atoms with van der Waals surface area (Å²) >= 11 is 0. The van der Waals surface area contributed by atoms with Gasteiger partial charge in [-0.1, -0.05) is 133 Å². The number of nitrogens with zero attached hydrogens (tertiary/aromatic N) is 2. The highest BCUT2D eigenvalue weighted by Gasteiger charge is 2.18. The SMILES string of the molecule is [2H]c1c([2H])c([2H])c(-c2c([2H])c([2H])c(-c3c([2H])c([2H])c([2H])c(-c4ccc5oc6c(-c7cccc(-c8cccc9c8oc8ccccc89)c7)ncnc6c5c4)c3[2H])c([2H])c2[2H])c([2H])c1[2H]. The van der Waals surface area contributed by atoms with Gasteiger partial charge in [0.05, 0.1) is 17.8 Å². The van der Waals surface area contributed by atoms with Crippen LogP contribution in [0.2, 0.25) is 0 Å². The zero-order chi connectivity index (χ0) is 44.3. The average molecular weight is 654 g/mol. The molecule has 0 aliphatic heterocycles. The Balaban J connectivity index is 1.11. The molecule has 3 aromatic heterocycles. The van der Waals surface area contributed by atoms with E-state index in [4.69, 9.17) is 25.3 Å². The Morgan fingerprint density at radius 1 is 0.440 bits per heavy atom. The molecule has 7 aromatic carbocycles. The second-order valence-electron chi connectivity index (χ2n) is 11.6. The molecule has 0 N–H and O–H groups in total. The maximum atomic E-state index is 9.35. The molecule has 0 unspecified atom stereocenters. The molecular formula is C46H28N2O2. The van der Waals surface area contributed by atoms with E-state index in [2.05, 4.69) is 9.97 Å². The summed E-state index contributed by atoms with van der Waals surface area (Å²) in [5, 5.41) is 2.50. The van der Waals surface area contributed by atoms with Gasteiger partial charge in [0.1, 0.15) is 34.3 Å². The van der Waals surface area contributed by atoms with E-state index in [-0.39, 0.29) is 11.1 Å². The van der Waals surface area contributed by atoms with E-state index < -0.39 is 101 Å². The summed E-state index contributed by atoms with van der Waals surface area (Å²) in [5.41, 5.74) is 3.82. The van der Waals surface area contributed by atoms with Gasteiger partial charge in [-0.05, 0) is 69.3 Å². The first-order chi connectivity index (χ1) is 30.2. The lowest BCUT2D eigenvalue weighted by atomic mass is 9.96. The average Bonchev–Trinajstić information content (AvgIpc) is 3.87. The number of para-hydroxylation sites is 2. The van der Waals surface area contributed by atoms with Crippen molar-refractivity contribution in [3.05, 3.63) is 170 Å². The van der Waals surface area contributed by atoms with Gasteiger partial charge >= 0.3 is 0 Å². The van der Waals surface area contributed by atoms with Gasteiger partial charge in [0, 0.05) is 27.3 Å². The van der Waals surface area contributed by atoms with Crippen LogP contribution in [0.4, 0.5) is 0 Å². The Hall–Kier alpha value is -6.78. The van der Waals surface area contributed by atoms with Gasteiger partial charge in [0.25, 0.3) is 0 Å². The molecule has 234 valence electrons. The van der Waals surface area contributed by atoms with Crippen LogP contribution in [0.25, 0.3) is 99.8 Å². The van der Waals surface area contributed by atoms with Crippen molar-refractivity contribution in [2.45, 2.75) is 0 Å². The highest BCUT2D eigenvalue weighted by Crippen LogP contribution is 2.39. The van der Waals surface area contributed by atoms with Crippen LogP contribution in [0.15, 0.2) is 179 Å². The molecule has 0 fully saturated rings. The largest absolute Gasteiger partial charge is 0.455 e. The second-order valence-corrected chi connectivity index (χ2v) is 11.6. The smallest absolute Gasteiger partial charge is 0.180 e. The fraction of sp³-hybridized carbons (Fsp3) is 0. The van der Waals surface area contributed by atoms with Crippen LogP contribution in [-0.4, -0.2) is 9.97 Å². The molecule has 0 saturated carbocycles. The third kappa shape index (κ3) is 4.69. The molecule has 0 aliphatic rings. The van der Waals surface area contributed by atoms with Crippen molar-refractivity contribution in [3.8, 4) is 55.8 Å². The number of hydrogen-bond donors (Lipinski definition) is 0. The van der Waals surface area contributed by atoms with Gasteiger partial charge < -0.3 is 8.83 Å². The van der Waals surface area contributed by atoms with Gasteiger partial charge in [-0.3, -0.25) is 0 Å². The molecule has 0 saturated heterocycles. The molecule has 10 rings (SSSR count). The molecule has 3 heterocycles. The number of aromatic nitrogens is 2. The van der Waals surface area contributed by atoms with Crippen molar-refractivity contribution in [1.29, 1.82) is 0 Å². The van der Waals surface area contributed by atoms with Crippen LogP contribution in [0.3, 0.4) is 0 Å². The van der Waals surface area contributed by atoms with Gasteiger partial charge in [-0.15, -0.1) is 0 Å². The second kappa shape index (κ2) is 11.4. The molecular weight excluding hydrogens is 613 g/mol. The molecule has 0 atom stereocenters. The van der Waals surface area contributed by atoms with E-state index in [1.807, 2.05) is 66.7 Å². The lowest BCUT2D eigenvalue weighted by molar-refractivity contribution is 0.667. The summed E-state index contributed by atoms with van der Waals surface area (Å²) in [4.78, 5) is 9.16. The fourth-order valence-corrected chi connectivity index (χ4v) is 6.30. The standard InChI is InChI=1S/C46H28N2O2/c1-2-9-29(10-3-1)30-19-21-31(22-20-30)32-11-6-12-33(25-32)34-23-24-42-40(27-34)44-46(50-42)43(47-28-48-44)36-14-7-13-35(26-36)37-16-8-17-39-38-15-4-5-18-41(38)49-45(37)39/h1-28H/i1D,2D,3D,6D,9D,10D,11D,12D,19D,20D,21D,22D,25D. The predicted octanol–water partition coefficient (Wildman–Crippen LogP) is 12.6. The molecule has 4 heteroatoms. The lowest BCUT2D eigenvalue weighted by Gasteiger charge is -2.08. The molecule has 4 nitrogen and oxygen atoms in total. The van der Waals surface area contributed by atoms with E-state index in [0.29, 0.717) is 27.8 Å². The Kier molecular flexibility index (Phi) is 4.14. The van der Waals surface area contributed by atoms with Crippen molar-refractivity contribution in [3.63, 3.8) is 0 Å². The maximum absolute atomic E-state index is 9.35. The molecule has 0 bridgehead atoms. The van der Waals surface area contributed by atoms with Crippen molar-refractivity contribution in [2.75, 3.05) is 0 Å². The zero-order valence-corrected chi connectivity index (χ0v) is 25.9. The first-order valence-corrected chi connectivity index (χ1v) is 15.7. The lowest BCUT2D eigenvalue weighted by Crippen LogP contribution is -1.88. The van der Waals surface area contributed by atoms with Crippen LogP contribution in [0, 0.1) is 0 Å². The van der Waals surface area contributed by atoms with Crippen LogP contribution in [-0.2, 0) is 0 Å². The number of benzene rings is 7. The molecule has 0 amide bonds. The van der Waals surface area contributed by atoms with Crippen molar-refractivity contribution in [2.24, 2.45) is 0 Å². The minimum atomic E-state index is -0.773. The van der Waals surface area contributed by atoms with Crippen LogP contribution in [0.1, 0.15) is 17.8 Å². The Morgan fingerprint density at radius 3 is 2.00 bits per heavy atom. The third-order valence-electron chi connectivity index (χ3n) is 8.64. The summed E-state index contributed by atoms with van der Waals surface area (Å²) in [6, 6.07) is 17.5. The van der Waals surface area contributed by atoms with E-state index in [0.717, 1.165) is 38.6 Å². The van der Waals surface area contributed by atoms with E-state index in [1.54, 1.807) is 18.2 Å². The van der Waals surface area contributed by atoms with E-state index in [1.165, 1.54) is 6.33 Å². The fourth-order valence-electron chi connectivity index (χ4n) is 6.30. The highest BCUT2D eigenvalue weighted by atomic mass is 16.3. The van der Waals surface area contributed by atoms with Crippen molar-refractivity contribution >= 4 is 44.0 Å². The third-order valence-corrected chi connectivity index (χ3v) is 8.64. The summed E-state index contributed by atoms with van der Waals surface area (Å²) in [6.07, 6.45) is 1.41. The van der Waals surface area contributed by atoms with Crippen molar-refractivity contribution in [1.82, 2.24) is 9.97 Å². The van der Waals surface area contributed by atoms with Crippen LogP contribution >= 0.6 is 0 Å². The first-order valence-electron chi connectivity index (χ1n) is 22.2. The van der Waals surface area contributed by atoms with Gasteiger partial charge in [0.15, 0.2) is 5.58 Å². The molecule has 0 radical (unpaired) electrons. The topological polar surface area (TPSA) is 52.1 Å². The Bertz CT molecular complexity index is 3580. The van der Waals surface area contributed by atoms with Crippen LogP contribution in [0.5, 0.6) is 0 Å². The molecule has 0 aliphatic carbocycles. The number of rotatable bonds is 5. The highest BCUT2D eigenvalue weighted by molar-refractivity contribution is 6.10.